The van der Waals surface area contributed by atoms with Crippen LogP contribution in [0.4, 0.5) is 5.82 Å². The summed E-state index contributed by atoms with van der Waals surface area (Å²) >= 11 is 1.78. The van der Waals surface area contributed by atoms with E-state index in [9.17, 15) is 0 Å². The van der Waals surface area contributed by atoms with Crippen molar-refractivity contribution in [2.45, 2.75) is 24.8 Å². The summed E-state index contributed by atoms with van der Waals surface area (Å²) in [6.45, 7) is 5.28. The van der Waals surface area contributed by atoms with Crippen LogP contribution in [-0.4, -0.2) is 48.3 Å². The molecular formula is C12H22N4S. The standard InChI is InChI=1S/C12H22N4S/c1-9(2)12-14-10(13-3)8-11(15-12)17-7-6-16(4)5/h8-9H,6-7H2,1-5H3,(H,13,14,15). The third-order valence-electron chi connectivity index (χ3n) is 2.28. The van der Waals surface area contributed by atoms with Crippen LogP contribution in [0.2, 0.25) is 0 Å². The molecule has 0 bridgehead atoms. The molecule has 0 aliphatic carbocycles. The molecule has 96 valence electrons. The van der Waals surface area contributed by atoms with Crippen LogP contribution in [-0.2, 0) is 0 Å². The summed E-state index contributed by atoms with van der Waals surface area (Å²) in [7, 11) is 6.05. The molecule has 0 atom stereocenters. The minimum absolute atomic E-state index is 0.358. The molecule has 1 heterocycles. The molecule has 0 aliphatic heterocycles. The van der Waals surface area contributed by atoms with Crippen LogP contribution >= 0.6 is 11.8 Å². The van der Waals surface area contributed by atoms with Crippen LogP contribution in [0.1, 0.15) is 25.6 Å². The van der Waals surface area contributed by atoms with E-state index < -0.39 is 0 Å². The highest BCUT2D eigenvalue weighted by atomic mass is 32.2. The van der Waals surface area contributed by atoms with Gasteiger partial charge < -0.3 is 10.2 Å². The SMILES string of the molecule is CNc1cc(SCCN(C)C)nc(C(C)C)n1. The number of hydrogen-bond donors (Lipinski definition) is 1. The van der Waals surface area contributed by atoms with E-state index in [0.717, 1.165) is 29.0 Å². The van der Waals surface area contributed by atoms with Crippen LogP contribution < -0.4 is 5.32 Å². The molecule has 5 heteroatoms. The fourth-order valence-corrected chi connectivity index (χ4v) is 2.25. The van der Waals surface area contributed by atoms with Crippen molar-refractivity contribution < 1.29 is 0 Å². The third-order valence-corrected chi connectivity index (χ3v) is 3.17. The van der Waals surface area contributed by atoms with Crippen LogP contribution in [0.5, 0.6) is 0 Å². The lowest BCUT2D eigenvalue weighted by Gasteiger charge is -2.11. The van der Waals surface area contributed by atoms with Crippen LogP contribution in [0.15, 0.2) is 11.1 Å². The summed E-state index contributed by atoms with van der Waals surface area (Å²) in [5.41, 5.74) is 0. The molecule has 0 radical (unpaired) electrons. The maximum Gasteiger partial charge on any atom is 0.134 e. The largest absolute Gasteiger partial charge is 0.373 e. The number of nitrogens with zero attached hydrogens (tertiary/aromatic N) is 3. The van der Waals surface area contributed by atoms with Crippen molar-refractivity contribution in [2.75, 3.05) is 38.8 Å². The first kappa shape index (κ1) is 14.3. The Kier molecular flexibility index (Phi) is 5.71. The molecule has 0 spiro atoms. The summed E-state index contributed by atoms with van der Waals surface area (Å²) < 4.78 is 0. The van der Waals surface area contributed by atoms with Gasteiger partial charge in [0, 0.05) is 31.3 Å². The smallest absolute Gasteiger partial charge is 0.134 e. The van der Waals surface area contributed by atoms with E-state index in [1.165, 1.54) is 0 Å². The van der Waals surface area contributed by atoms with Gasteiger partial charge in [0.05, 0.1) is 0 Å². The molecule has 1 aromatic heterocycles. The van der Waals surface area contributed by atoms with Gasteiger partial charge in [-0.2, -0.15) is 0 Å². The number of hydrogen-bond acceptors (Lipinski definition) is 5. The zero-order valence-corrected chi connectivity index (χ0v) is 12.1. The first-order valence-corrected chi connectivity index (χ1v) is 6.85. The lowest BCUT2D eigenvalue weighted by molar-refractivity contribution is 0.437. The average Bonchev–Trinajstić information content (AvgIpc) is 2.28. The fraction of sp³-hybridized carbons (Fsp3) is 0.667. The van der Waals surface area contributed by atoms with E-state index in [-0.39, 0.29) is 0 Å². The molecule has 0 aliphatic rings. The molecule has 0 fully saturated rings. The molecule has 0 saturated heterocycles. The minimum atomic E-state index is 0.358. The first-order valence-electron chi connectivity index (χ1n) is 5.87. The van der Waals surface area contributed by atoms with Gasteiger partial charge in [-0.1, -0.05) is 13.8 Å². The van der Waals surface area contributed by atoms with Gasteiger partial charge in [0.15, 0.2) is 0 Å². The maximum atomic E-state index is 4.57. The van der Waals surface area contributed by atoms with Crippen molar-refractivity contribution in [3.8, 4) is 0 Å². The van der Waals surface area contributed by atoms with Crippen molar-refractivity contribution in [3.05, 3.63) is 11.9 Å². The van der Waals surface area contributed by atoms with Gasteiger partial charge in [0.25, 0.3) is 0 Å². The van der Waals surface area contributed by atoms with Crippen LogP contribution in [0.25, 0.3) is 0 Å². The number of anilines is 1. The van der Waals surface area contributed by atoms with Crippen molar-refractivity contribution >= 4 is 17.6 Å². The summed E-state index contributed by atoms with van der Waals surface area (Å²) in [6.07, 6.45) is 0. The molecule has 17 heavy (non-hydrogen) atoms. The Hall–Kier alpha value is -0.810. The molecule has 1 aromatic rings. The maximum absolute atomic E-state index is 4.57. The fourth-order valence-electron chi connectivity index (χ4n) is 1.24. The Labute approximate surface area is 108 Å². The number of rotatable bonds is 6. The Bertz CT molecular complexity index is 352. The predicted molar refractivity (Wildman–Crippen MR) is 74.9 cm³/mol. The van der Waals surface area contributed by atoms with E-state index in [2.05, 4.69) is 48.1 Å². The van der Waals surface area contributed by atoms with E-state index in [1.54, 1.807) is 11.8 Å². The molecule has 0 unspecified atom stereocenters. The van der Waals surface area contributed by atoms with Gasteiger partial charge in [-0.25, -0.2) is 9.97 Å². The highest BCUT2D eigenvalue weighted by Gasteiger charge is 2.07. The van der Waals surface area contributed by atoms with Gasteiger partial charge in [0.1, 0.15) is 16.7 Å². The Morgan fingerprint density at radius 3 is 2.59 bits per heavy atom. The van der Waals surface area contributed by atoms with Gasteiger partial charge in [-0.3, -0.25) is 0 Å². The Morgan fingerprint density at radius 1 is 1.35 bits per heavy atom. The average molecular weight is 254 g/mol. The monoisotopic (exact) mass is 254 g/mol. The lowest BCUT2D eigenvalue weighted by atomic mass is 10.2. The molecule has 1 N–H and O–H groups in total. The Balaban J connectivity index is 2.73. The van der Waals surface area contributed by atoms with Crippen LogP contribution in [0.3, 0.4) is 0 Å². The zero-order valence-electron chi connectivity index (χ0n) is 11.3. The molecule has 0 aromatic carbocycles. The van der Waals surface area contributed by atoms with Crippen molar-refractivity contribution in [1.82, 2.24) is 14.9 Å². The summed E-state index contributed by atoms with van der Waals surface area (Å²) in [6, 6.07) is 2.01. The van der Waals surface area contributed by atoms with Gasteiger partial charge >= 0.3 is 0 Å². The van der Waals surface area contributed by atoms with Gasteiger partial charge in [-0.15, -0.1) is 11.8 Å². The number of nitrogens with one attached hydrogen (secondary N) is 1. The van der Waals surface area contributed by atoms with Gasteiger partial charge in [0.2, 0.25) is 0 Å². The quantitative estimate of drug-likeness (QED) is 0.623. The normalized spacial score (nSPS) is 11.2. The summed E-state index contributed by atoms with van der Waals surface area (Å²) in [5, 5.41) is 4.14. The molecule has 0 saturated carbocycles. The Morgan fingerprint density at radius 2 is 2.06 bits per heavy atom. The van der Waals surface area contributed by atoms with Crippen molar-refractivity contribution in [1.29, 1.82) is 0 Å². The second kappa shape index (κ2) is 6.81. The first-order chi connectivity index (χ1) is 8.02. The van der Waals surface area contributed by atoms with E-state index in [4.69, 9.17) is 0 Å². The summed E-state index contributed by atoms with van der Waals surface area (Å²) in [5.74, 6) is 3.21. The zero-order chi connectivity index (χ0) is 12.8. The number of aromatic nitrogens is 2. The second-order valence-corrected chi connectivity index (χ2v) is 5.62. The minimum Gasteiger partial charge on any atom is -0.373 e. The molecular weight excluding hydrogens is 232 g/mol. The highest BCUT2D eigenvalue weighted by Crippen LogP contribution is 2.21. The second-order valence-electron chi connectivity index (χ2n) is 4.51. The van der Waals surface area contributed by atoms with E-state index in [1.807, 2.05) is 13.1 Å². The van der Waals surface area contributed by atoms with Crippen molar-refractivity contribution in [3.63, 3.8) is 0 Å². The summed E-state index contributed by atoms with van der Waals surface area (Å²) in [4.78, 5) is 11.2. The number of thioether (sulfide) groups is 1. The highest BCUT2D eigenvalue weighted by molar-refractivity contribution is 7.99. The van der Waals surface area contributed by atoms with Crippen molar-refractivity contribution in [2.24, 2.45) is 0 Å². The van der Waals surface area contributed by atoms with E-state index in [0.29, 0.717) is 5.92 Å². The van der Waals surface area contributed by atoms with E-state index >= 15 is 0 Å². The molecule has 1 rings (SSSR count). The molecule has 0 amide bonds. The van der Waals surface area contributed by atoms with Crippen LogP contribution in [0, 0.1) is 0 Å². The third kappa shape index (κ3) is 4.91. The topological polar surface area (TPSA) is 41.0 Å². The lowest BCUT2D eigenvalue weighted by Crippen LogP contribution is -2.15. The predicted octanol–water partition coefficient (Wildman–Crippen LogP) is 2.30. The van der Waals surface area contributed by atoms with Gasteiger partial charge in [-0.05, 0) is 14.1 Å². The molecule has 4 nitrogen and oxygen atoms in total.